The summed E-state index contributed by atoms with van der Waals surface area (Å²) in [6.45, 7) is 0.997. The zero-order chi connectivity index (χ0) is 14.0. The molecule has 0 radical (unpaired) electrons. The summed E-state index contributed by atoms with van der Waals surface area (Å²) in [6.07, 6.45) is 0.805. The van der Waals surface area contributed by atoms with E-state index in [0.717, 1.165) is 6.42 Å². The Morgan fingerprint density at radius 2 is 2.20 bits per heavy atom. The number of hydrogen-bond donors (Lipinski definition) is 1. The first kappa shape index (κ1) is 17.7. The molecule has 0 aromatic heterocycles. The summed E-state index contributed by atoms with van der Waals surface area (Å²) in [7, 11) is -1.55. The first-order valence-corrected chi connectivity index (χ1v) is 8.00. The number of hydrogen-bond acceptors (Lipinski definition) is 3. The molecule has 1 saturated heterocycles. The second kappa shape index (κ2) is 7.04. The van der Waals surface area contributed by atoms with Crippen LogP contribution in [0.4, 0.5) is 4.39 Å². The molecule has 0 amide bonds. The maximum absolute atomic E-state index is 13.0. The zero-order valence-electron chi connectivity index (χ0n) is 11.0. The predicted octanol–water partition coefficient (Wildman–Crippen LogP) is 2.02. The lowest BCUT2D eigenvalue weighted by Gasteiger charge is -2.16. The molecule has 1 atom stereocenters. The molecular weight excluding hydrogens is 326 g/mol. The Bertz CT molecular complexity index is 569. The fourth-order valence-electron chi connectivity index (χ4n) is 2.15. The lowest BCUT2D eigenvalue weighted by molar-refractivity contribution is 0.464. The molecule has 4 nitrogen and oxygen atoms in total. The molecule has 1 fully saturated rings. The molecule has 20 heavy (non-hydrogen) atoms. The maximum Gasteiger partial charge on any atom is 0.218 e. The third-order valence-corrected chi connectivity index (χ3v) is 5.39. The Labute approximate surface area is 129 Å². The van der Waals surface area contributed by atoms with Crippen LogP contribution in [0.1, 0.15) is 12.0 Å². The van der Waals surface area contributed by atoms with Crippen LogP contribution in [0.25, 0.3) is 0 Å². The average molecular weight is 343 g/mol. The highest BCUT2D eigenvalue weighted by Gasteiger charge is 2.30. The van der Waals surface area contributed by atoms with Crippen molar-refractivity contribution in [1.29, 1.82) is 0 Å². The summed E-state index contributed by atoms with van der Waals surface area (Å²) in [5.41, 5.74) is 0.499. The molecule has 1 aromatic rings. The van der Waals surface area contributed by atoms with Gasteiger partial charge in [-0.25, -0.2) is 17.1 Å². The third-order valence-electron chi connectivity index (χ3n) is 3.29. The lowest BCUT2D eigenvalue weighted by Crippen LogP contribution is -2.34. The van der Waals surface area contributed by atoms with Crippen LogP contribution in [0.15, 0.2) is 18.2 Å². The molecule has 2 rings (SSSR count). The maximum atomic E-state index is 13.0. The average Bonchev–Trinajstić information content (AvgIpc) is 2.83. The SMILES string of the molecule is CNC1CCN(S(=O)(=O)Cc2ccc(F)c(Cl)c2)C1.Cl. The van der Waals surface area contributed by atoms with Crippen LogP contribution in [-0.4, -0.2) is 38.9 Å². The molecule has 0 spiro atoms. The van der Waals surface area contributed by atoms with Crippen LogP contribution in [0, 0.1) is 5.82 Å². The van der Waals surface area contributed by atoms with Crippen molar-refractivity contribution in [2.24, 2.45) is 0 Å². The summed E-state index contributed by atoms with van der Waals surface area (Å²) in [5, 5.41) is 3.02. The second-order valence-corrected chi connectivity index (χ2v) is 7.01. The van der Waals surface area contributed by atoms with Gasteiger partial charge in [0.25, 0.3) is 0 Å². The molecule has 1 aromatic carbocycles. The van der Waals surface area contributed by atoms with E-state index in [1.54, 1.807) is 0 Å². The fourth-order valence-corrected chi connectivity index (χ4v) is 3.92. The normalized spacial score (nSPS) is 19.9. The molecule has 1 aliphatic heterocycles. The lowest BCUT2D eigenvalue weighted by atomic mass is 10.2. The number of sulfonamides is 1. The van der Waals surface area contributed by atoms with E-state index in [0.29, 0.717) is 18.7 Å². The van der Waals surface area contributed by atoms with E-state index < -0.39 is 15.8 Å². The van der Waals surface area contributed by atoms with Gasteiger partial charge in [0, 0.05) is 19.1 Å². The van der Waals surface area contributed by atoms with Crippen molar-refractivity contribution in [3.05, 3.63) is 34.6 Å². The van der Waals surface area contributed by atoms with Crippen LogP contribution in [0.2, 0.25) is 5.02 Å². The highest BCUT2D eigenvalue weighted by atomic mass is 35.5. The second-order valence-electron chi connectivity index (χ2n) is 4.64. The highest BCUT2D eigenvalue weighted by Crippen LogP contribution is 2.21. The summed E-state index contributed by atoms with van der Waals surface area (Å²) in [4.78, 5) is 0. The van der Waals surface area contributed by atoms with Gasteiger partial charge in [0.2, 0.25) is 10.0 Å². The summed E-state index contributed by atoms with van der Waals surface area (Å²) >= 11 is 5.65. The van der Waals surface area contributed by atoms with Crippen LogP contribution in [-0.2, 0) is 15.8 Å². The van der Waals surface area contributed by atoms with Crippen LogP contribution in [0.3, 0.4) is 0 Å². The van der Waals surface area contributed by atoms with Gasteiger partial charge in [-0.1, -0.05) is 17.7 Å². The minimum Gasteiger partial charge on any atom is -0.316 e. The number of nitrogens with zero attached hydrogens (tertiary/aromatic N) is 1. The standard InChI is InChI=1S/C12H16ClFN2O2S.ClH/c1-15-10-4-5-16(7-10)19(17,18)8-9-2-3-12(14)11(13)6-9;/h2-3,6,10,15H,4-5,7-8H2,1H3;1H. The number of likely N-dealkylation sites (N-methyl/N-ethyl adjacent to an activating group) is 1. The van der Waals surface area contributed by atoms with Crippen LogP contribution < -0.4 is 5.32 Å². The van der Waals surface area contributed by atoms with Crippen LogP contribution >= 0.6 is 24.0 Å². The minimum atomic E-state index is -3.37. The van der Waals surface area contributed by atoms with E-state index in [1.165, 1.54) is 22.5 Å². The van der Waals surface area contributed by atoms with Gasteiger partial charge in [0.05, 0.1) is 10.8 Å². The largest absolute Gasteiger partial charge is 0.316 e. The molecule has 1 aliphatic rings. The van der Waals surface area contributed by atoms with E-state index >= 15 is 0 Å². The predicted molar refractivity (Wildman–Crippen MR) is 80.3 cm³/mol. The van der Waals surface area contributed by atoms with Crippen molar-refractivity contribution in [1.82, 2.24) is 9.62 Å². The Morgan fingerprint density at radius 3 is 2.75 bits per heavy atom. The number of benzene rings is 1. The van der Waals surface area contributed by atoms with Gasteiger partial charge in [0.15, 0.2) is 0 Å². The molecular formula is C12H17Cl2FN2O2S. The van der Waals surface area contributed by atoms with Crippen molar-refractivity contribution in [3.8, 4) is 0 Å². The van der Waals surface area contributed by atoms with Crippen molar-refractivity contribution in [2.75, 3.05) is 20.1 Å². The summed E-state index contributed by atoms with van der Waals surface area (Å²) < 4.78 is 38.9. The van der Waals surface area contributed by atoms with E-state index in [4.69, 9.17) is 11.6 Å². The molecule has 1 unspecified atom stereocenters. The number of rotatable bonds is 4. The topological polar surface area (TPSA) is 49.4 Å². The minimum absolute atomic E-state index is 0. The van der Waals surface area contributed by atoms with Crippen molar-refractivity contribution < 1.29 is 12.8 Å². The molecule has 0 aliphatic carbocycles. The monoisotopic (exact) mass is 342 g/mol. The number of nitrogens with one attached hydrogen (secondary N) is 1. The van der Waals surface area contributed by atoms with Gasteiger partial charge >= 0.3 is 0 Å². The summed E-state index contributed by atoms with van der Waals surface area (Å²) in [5.74, 6) is -0.692. The van der Waals surface area contributed by atoms with Gasteiger partial charge < -0.3 is 5.32 Å². The quantitative estimate of drug-likeness (QED) is 0.910. The fraction of sp³-hybridized carbons (Fsp3) is 0.500. The first-order valence-electron chi connectivity index (χ1n) is 6.01. The molecule has 0 bridgehead atoms. The van der Waals surface area contributed by atoms with Gasteiger partial charge in [-0.2, -0.15) is 0 Å². The van der Waals surface area contributed by atoms with Crippen molar-refractivity contribution >= 4 is 34.0 Å². The van der Waals surface area contributed by atoms with Crippen molar-refractivity contribution in [2.45, 2.75) is 18.2 Å². The van der Waals surface area contributed by atoms with E-state index in [1.807, 2.05) is 7.05 Å². The Balaban J connectivity index is 0.00000200. The van der Waals surface area contributed by atoms with E-state index in [-0.39, 0.29) is 29.2 Å². The van der Waals surface area contributed by atoms with Gasteiger partial charge in [-0.05, 0) is 31.2 Å². The highest BCUT2D eigenvalue weighted by molar-refractivity contribution is 7.88. The Hall–Kier alpha value is -0.400. The summed E-state index contributed by atoms with van der Waals surface area (Å²) in [6, 6.07) is 4.20. The first-order chi connectivity index (χ1) is 8.92. The smallest absolute Gasteiger partial charge is 0.218 e. The number of halogens is 3. The van der Waals surface area contributed by atoms with E-state index in [2.05, 4.69) is 5.32 Å². The Kier molecular flexibility index (Phi) is 6.22. The molecule has 1 N–H and O–H groups in total. The van der Waals surface area contributed by atoms with Crippen LogP contribution in [0.5, 0.6) is 0 Å². The van der Waals surface area contributed by atoms with Gasteiger partial charge in [0.1, 0.15) is 5.82 Å². The van der Waals surface area contributed by atoms with Gasteiger partial charge in [-0.15, -0.1) is 12.4 Å². The molecule has 0 saturated carbocycles. The zero-order valence-corrected chi connectivity index (χ0v) is 13.4. The molecule has 8 heteroatoms. The van der Waals surface area contributed by atoms with Gasteiger partial charge in [-0.3, -0.25) is 0 Å². The third kappa shape index (κ3) is 4.05. The Morgan fingerprint density at radius 1 is 1.50 bits per heavy atom. The van der Waals surface area contributed by atoms with Crippen molar-refractivity contribution in [3.63, 3.8) is 0 Å². The molecule has 1 heterocycles. The van der Waals surface area contributed by atoms with E-state index in [9.17, 15) is 12.8 Å². The molecule has 114 valence electrons.